The lowest BCUT2D eigenvalue weighted by Gasteiger charge is -2.08. The molecule has 2 N–H and O–H groups in total. The van der Waals surface area contributed by atoms with E-state index >= 15 is 0 Å². The molecule has 0 saturated carbocycles. The van der Waals surface area contributed by atoms with Crippen LogP contribution in [0.1, 0.15) is 11.1 Å². The molecule has 0 aliphatic rings. The molecule has 0 aliphatic heterocycles. The van der Waals surface area contributed by atoms with Crippen LogP contribution >= 0.6 is 0 Å². The highest BCUT2D eigenvalue weighted by atomic mass is 32.2. The maximum atomic E-state index is 14.8. The first-order chi connectivity index (χ1) is 16.2. The molecule has 4 heterocycles. The van der Waals surface area contributed by atoms with Crippen LogP contribution in [0.5, 0.6) is 0 Å². The molecule has 0 spiro atoms. The molecule has 174 valence electrons. The van der Waals surface area contributed by atoms with E-state index in [4.69, 9.17) is 0 Å². The van der Waals surface area contributed by atoms with Crippen molar-refractivity contribution in [3.8, 4) is 11.5 Å². The zero-order valence-corrected chi connectivity index (χ0v) is 18.5. The van der Waals surface area contributed by atoms with Gasteiger partial charge in [-0.25, -0.2) is 36.9 Å². The highest BCUT2D eigenvalue weighted by molar-refractivity contribution is 7.90. The summed E-state index contributed by atoms with van der Waals surface area (Å²) in [6.45, 7) is -0.0602. The number of nitrogens with one attached hydrogen (secondary N) is 2. The summed E-state index contributed by atoms with van der Waals surface area (Å²) in [5.41, 5.74) is 0.869. The van der Waals surface area contributed by atoms with Crippen molar-refractivity contribution in [2.75, 3.05) is 12.0 Å². The Morgan fingerprint density at radius 3 is 2.65 bits per heavy atom. The van der Waals surface area contributed by atoms with Crippen LogP contribution in [0.15, 0.2) is 41.5 Å². The summed E-state index contributed by atoms with van der Waals surface area (Å²) in [5, 5.41) is 7.15. The predicted octanol–water partition coefficient (Wildman–Crippen LogP) is 1.97. The maximum Gasteiger partial charge on any atom is 0.327 e. The number of aromatic nitrogens is 7. The standard InChI is InChI=1S/C21H17F2N7O3S/c1-34(32,33)7-6-30-15-10-25-20(26-18(15)27-21(30)31)17-16-12(8-11-4-2-3-5-13(11)22)14(23)9-24-19(16)29-28-17/h2-5,9-10H,6-8H2,1H3,(H,24,28,29)(H,25,26,27,31). The zero-order chi connectivity index (χ0) is 24.0. The first kappa shape index (κ1) is 21.8. The van der Waals surface area contributed by atoms with E-state index in [-0.39, 0.29) is 47.1 Å². The topological polar surface area (TPSA) is 139 Å². The van der Waals surface area contributed by atoms with Gasteiger partial charge in [0, 0.05) is 24.8 Å². The molecule has 5 aromatic rings. The minimum absolute atomic E-state index is 0.0506. The molecule has 0 radical (unpaired) electrons. The monoisotopic (exact) mass is 485 g/mol. The fourth-order valence-electron chi connectivity index (χ4n) is 3.74. The molecule has 13 heteroatoms. The quantitative estimate of drug-likeness (QED) is 0.375. The summed E-state index contributed by atoms with van der Waals surface area (Å²) < 4.78 is 53.3. The number of rotatable bonds is 6. The van der Waals surface area contributed by atoms with Gasteiger partial charge in [-0.3, -0.25) is 14.6 Å². The second kappa shape index (κ2) is 8.09. The lowest BCUT2D eigenvalue weighted by atomic mass is 10.0. The molecule has 5 rings (SSSR count). The molecule has 0 amide bonds. The molecular weight excluding hydrogens is 468 g/mol. The number of pyridine rings is 1. The average Bonchev–Trinajstić information content (AvgIpc) is 3.35. The van der Waals surface area contributed by atoms with E-state index in [0.717, 1.165) is 12.5 Å². The Morgan fingerprint density at radius 1 is 1.09 bits per heavy atom. The van der Waals surface area contributed by atoms with Crippen molar-refractivity contribution >= 4 is 32.0 Å². The van der Waals surface area contributed by atoms with Crippen LogP contribution in [0.3, 0.4) is 0 Å². The molecule has 0 atom stereocenters. The molecule has 10 nitrogen and oxygen atoms in total. The van der Waals surface area contributed by atoms with E-state index < -0.39 is 27.2 Å². The molecule has 34 heavy (non-hydrogen) atoms. The average molecular weight is 485 g/mol. The zero-order valence-electron chi connectivity index (χ0n) is 17.7. The third-order valence-corrected chi connectivity index (χ3v) is 6.33. The molecule has 4 aromatic heterocycles. The number of halogens is 2. The van der Waals surface area contributed by atoms with Gasteiger partial charge in [0.15, 0.2) is 17.1 Å². The third-order valence-electron chi connectivity index (χ3n) is 5.40. The van der Waals surface area contributed by atoms with Gasteiger partial charge in [0.05, 0.1) is 23.5 Å². The largest absolute Gasteiger partial charge is 0.327 e. The van der Waals surface area contributed by atoms with Crippen molar-refractivity contribution in [3.05, 3.63) is 69.9 Å². The van der Waals surface area contributed by atoms with Crippen molar-refractivity contribution in [1.82, 2.24) is 34.7 Å². The molecule has 0 aliphatic carbocycles. The van der Waals surface area contributed by atoms with Crippen LogP contribution in [0.25, 0.3) is 33.7 Å². The smallest absolute Gasteiger partial charge is 0.290 e. The number of sulfone groups is 1. The van der Waals surface area contributed by atoms with Gasteiger partial charge in [-0.2, -0.15) is 5.10 Å². The Balaban J connectivity index is 1.62. The first-order valence-corrected chi connectivity index (χ1v) is 12.2. The van der Waals surface area contributed by atoms with Crippen LogP contribution in [-0.4, -0.2) is 55.1 Å². The number of hydrogen-bond acceptors (Lipinski definition) is 7. The fourth-order valence-corrected chi connectivity index (χ4v) is 4.25. The van der Waals surface area contributed by atoms with Gasteiger partial charge in [-0.15, -0.1) is 0 Å². The summed E-state index contributed by atoms with van der Waals surface area (Å²) in [5.74, 6) is -1.23. The Bertz CT molecular complexity index is 1720. The number of hydrogen-bond donors (Lipinski definition) is 2. The van der Waals surface area contributed by atoms with Crippen molar-refractivity contribution in [3.63, 3.8) is 0 Å². The van der Waals surface area contributed by atoms with Gasteiger partial charge in [0.25, 0.3) is 0 Å². The number of H-pyrrole nitrogens is 2. The molecule has 0 bridgehead atoms. The van der Waals surface area contributed by atoms with Crippen LogP contribution in [0, 0.1) is 11.6 Å². The molecule has 0 fully saturated rings. The molecule has 0 unspecified atom stereocenters. The van der Waals surface area contributed by atoms with Gasteiger partial charge in [0.1, 0.15) is 32.7 Å². The predicted molar refractivity (Wildman–Crippen MR) is 120 cm³/mol. The lowest BCUT2D eigenvalue weighted by Crippen LogP contribution is -2.21. The number of fused-ring (bicyclic) bond motifs is 2. The Labute approximate surface area is 190 Å². The van der Waals surface area contributed by atoms with Crippen LogP contribution in [0.2, 0.25) is 0 Å². The van der Waals surface area contributed by atoms with Crippen molar-refractivity contribution in [2.24, 2.45) is 0 Å². The van der Waals surface area contributed by atoms with Crippen LogP contribution in [-0.2, 0) is 22.8 Å². The van der Waals surface area contributed by atoms with E-state index in [1.807, 2.05) is 0 Å². The van der Waals surface area contributed by atoms with E-state index in [9.17, 15) is 22.0 Å². The first-order valence-electron chi connectivity index (χ1n) is 10.1. The van der Waals surface area contributed by atoms with Gasteiger partial charge in [-0.1, -0.05) is 18.2 Å². The summed E-state index contributed by atoms with van der Waals surface area (Å²) in [7, 11) is -3.29. The van der Waals surface area contributed by atoms with Crippen LogP contribution in [0.4, 0.5) is 8.78 Å². The third kappa shape index (κ3) is 3.94. The van der Waals surface area contributed by atoms with Gasteiger partial charge < -0.3 is 0 Å². The van der Waals surface area contributed by atoms with E-state index in [0.29, 0.717) is 16.5 Å². The fraction of sp³-hybridized carbons (Fsp3) is 0.190. The molecule has 0 saturated heterocycles. The SMILES string of the molecule is CS(=O)(=O)CCn1c(=O)[nH]c2nc(-c3[nH]nc4ncc(F)c(Cc5ccccc5F)c34)ncc21. The van der Waals surface area contributed by atoms with E-state index in [2.05, 4.69) is 30.1 Å². The summed E-state index contributed by atoms with van der Waals surface area (Å²) in [4.78, 5) is 27.5. The van der Waals surface area contributed by atoms with E-state index in [1.54, 1.807) is 18.2 Å². The Morgan fingerprint density at radius 2 is 1.88 bits per heavy atom. The second-order valence-corrected chi connectivity index (χ2v) is 10.0. The van der Waals surface area contributed by atoms with E-state index in [1.165, 1.54) is 16.8 Å². The Kier molecular flexibility index (Phi) is 5.20. The van der Waals surface area contributed by atoms with Crippen molar-refractivity contribution < 1.29 is 17.2 Å². The van der Waals surface area contributed by atoms with Crippen molar-refractivity contribution in [1.29, 1.82) is 0 Å². The highest BCUT2D eigenvalue weighted by Gasteiger charge is 2.21. The maximum absolute atomic E-state index is 14.8. The number of imidazole rings is 1. The summed E-state index contributed by atoms with van der Waals surface area (Å²) >= 11 is 0. The minimum Gasteiger partial charge on any atom is -0.290 e. The van der Waals surface area contributed by atoms with Gasteiger partial charge in [0.2, 0.25) is 0 Å². The van der Waals surface area contributed by atoms with Gasteiger partial charge in [-0.05, 0) is 11.6 Å². The Hall–Kier alpha value is -4.00. The minimum atomic E-state index is -3.29. The number of nitrogens with zero attached hydrogens (tertiary/aromatic N) is 5. The second-order valence-electron chi connectivity index (χ2n) is 7.79. The summed E-state index contributed by atoms with van der Waals surface area (Å²) in [6.07, 6.45) is 3.42. The number of aryl methyl sites for hydroxylation is 1. The normalized spacial score (nSPS) is 12.1. The molecular formula is C21H17F2N7O3S. The number of benzene rings is 1. The summed E-state index contributed by atoms with van der Waals surface area (Å²) in [6, 6.07) is 6.07. The highest BCUT2D eigenvalue weighted by Crippen LogP contribution is 2.30. The lowest BCUT2D eigenvalue weighted by molar-refractivity contribution is 0.594. The number of aromatic amines is 2. The van der Waals surface area contributed by atoms with Gasteiger partial charge >= 0.3 is 5.69 Å². The van der Waals surface area contributed by atoms with Crippen LogP contribution < -0.4 is 5.69 Å². The molecule has 1 aromatic carbocycles. The van der Waals surface area contributed by atoms with Crippen molar-refractivity contribution in [2.45, 2.75) is 13.0 Å².